The van der Waals surface area contributed by atoms with Crippen molar-refractivity contribution >= 4 is 29.2 Å². The maximum absolute atomic E-state index is 13.4. The molecule has 0 radical (unpaired) electrons. The van der Waals surface area contributed by atoms with Crippen molar-refractivity contribution in [3.05, 3.63) is 95.9 Å². The number of fused-ring (bicyclic) bond motifs is 1. The van der Waals surface area contributed by atoms with Crippen molar-refractivity contribution in [2.45, 2.75) is 50.6 Å². The quantitative estimate of drug-likeness (QED) is 0.211. The lowest BCUT2D eigenvalue weighted by molar-refractivity contribution is -0.169. The van der Waals surface area contributed by atoms with Crippen LogP contribution in [0.2, 0.25) is 0 Å². The van der Waals surface area contributed by atoms with E-state index in [2.05, 4.69) is 16.2 Å². The molecule has 2 aromatic heterocycles. The minimum atomic E-state index is -2.05. The highest BCUT2D eigenvalue weighted by Gasteiger charge is 2.62. The molecule has 0 bridgehead atoms. The minimum Gasteiger partial charge on any atom is -0.463 e. The molecule has 0 amide bonds. The summed E-state index contributed by atoms with van der Waals surface area (Å²) in [6.45, 7) is 2.95. The number of nitriles is 1. The fraction of sp³-hybridized carbons (Fsp3) is 0.312. The Morgan fingerprint density at radius 1 is 0.977 bits per heavy atom. The summed E-state index contributed by atoms with van der Waals surface area (Å²) >= 11 is 0. The van der Waals surface area contributed by atoms with E-state index in [9.17, 15) is 19.6 Å². The molecule has 1 aliphatic rings. The van der Waals surface area contributed by atoms with E-state index in [1.807, 2.05) is 12.1 Å². The maximum Gasteiger partial charge on any atom is 0.310 e. The van der Waals surface area contributed by atoms with Crippen LogP contribution in [-0.2, 0) is 51.8 Å². The molecule has 0 spiro atoms. The SMILES string of the molecule is CC(C)C(=O)OC[C@H]1O[C@@](C#N)(c2ccc3c(N)ncnn23)[C@H](OC(=O)Cc2ccccc2)[C@@H]1OC(=O)Cc1ccccc1. The van der Waals surface area contributed by atoms with Crippen LogP contribution in [0.1, 0.15) is 30.7 Å². The van der Waals surface area contributed by atoms with E-state index >= 15 is 0 Å². The van der Waals surface area contributed by atoms with Gasteiger partial charge in [0.25, 0.3) is 0 Å². The number of nitrogens with two attached hydrogens (primary N) is 1. The van der Waals surface area contributed by atoms with Gasteiger partial charge in [-0.2, -0.15) is 10.4 Å². The Labute approximate surface area is 253 Å². The first-order valence-corrected chi connectivity index (χ1v) is 14.0. The number of anilines is 1. The fourth-order valence-electron chi connectivity index (χ4n) is 5.04. The Balaban J connectivity index is 1.56. The molecule has 5 rings (SSSR count). The van der Waals surface area contributed by atoms with Gasteiger partial charge in [-0.3, -0.25) is 14.4 Å². The standard InChI is InChI=1S/C32H31N5O7/c1-20(2)31(40)41-17-24-28(42-26(38)15-21-9-5-3-6-10-21)29(43-27(39)16-22-11-7-4-8-12-22)32(18-33,44-24)25-14-13-23-30(34)35-19-36-37(23)25/h3-14,19-20,24,28-29H,15-17H2,1-2H3,(H2,34,35,36)/t24-,28-,29-,32+/m1/s1. The van der Waals surface area contributed by atoms with Crippen molar-refractivity contribution in [3.8, 4) is 6.07 Å². The number of nitrogens with zero attached hydrogens (tertiary/aromatic N) is 4. The number of benzene rings is 2. The van der Waals surface area contributed by atoms with Crippen LogP contribution >= 0.6 is 0 Å². The van der Waals surface area contributed by atoms with E-state index < -0.39 is 47.7 Å². The summed E-state index contributed by atoms with van der Waals surface area (Å²) in [5.74, 6) is -2.19. The second-order valence-corrected chi connectivity index (χ2v) is 10.6. The number of ether oxygens (including phenoxy) is 4. The van der Waals surface area contributed by atoms with Crippen molar-refractivity contribution in [3.63, 3.8) is 0 Å². The summed E-state index contributed by atoms with van der Waals surface area (Å²) in [7, 11) is 0. The molecule has 1 fully saturated rings. The van der Waals surface area contributed by atoms with Crippen LogP contribution in [0.5, 0.6) is 0 Å². The van der Waals surface area contributed by atoms with E-state index in [0.29, 0.717) is 16.6 Å². The molecule has 226 valence electrons. The van der Waals surface area contributed by atoms with E-state index in [1.54, 1.807) is 74.5 Å². The van der Waals surface area contributed by atoms with E-state index in [1.165, 1.54) is 10.8 Å². The lowest BCUT2D eigenvalue weighted by Gasteiger charge is -2.28. The number of rotatable bonds is 10. The second kappa shape index (κ2) is 12.9. The molecular formula is C32H31N5O7. The molecule has 12 nitrogen and oxygen atoms in total. The smallest absolute Gasteiger partial charge is 0.310 e. The number of carbonyl (C=O) groups is 3. The summed E-state index contributed by atoms with van der Waals surface area (Å²) in [4.78, 5) is 43.1. The summed E-state index contributed by atoms with van der Waals surface area (Å²) in [6.07, 6.45) is -3.02. The number of esters is 3. The van der Waals surface area contributed by atoms with E-state index in [4.69, 9.17) is 24.7 Å². The van der Waals surface area contributed by atoms with Crippen molar-refractivity contribution < 1.29 is 33.3 Å². The molecule has 4 aromatic rings. The lowest BCUT2D eigenvalue weighted by Crippen LogP contribution is -2.46. The van der Waals surface area contributed by atoms with Gasteiger partial charge in [0.05, 0.1) is 24.5 Å². The molecule has 12 heteroatoms. The summed E-state index contributed by atoms with van der Waals surface area (Å²) in [5.41, 5.74) is 5.89. The average molecular weight is 598 g/mol. The number of hydrogen-bond acceptors (Lipinski definition) is 11. The Kier molecular flexibility index (Phi) is 8.87. The number of aromatic nitrogens is 3. The minimum absolute atomic E-state index is 0.0993. The average Bonchev–Trinajstić information content (AvgIpc) is 3.57. The van der Waals surface area contributed by atoms with Crippen molar-refractivity contribution in [1.82, 2.24) is 14.6 Å². The van der Waals surface area contributed by atoms with Gasteiger partial charge in [-0.15, -0.1) is 0 Å². The van der Waals surface area contributed by atoms with Gasteiger partial charge in [0.1, 0.15) is 30.6 Å². The van der Waals surface area contributed by atoms with Crippen LogP contribution in [0.25, 0.3) is 5.52 Å². The van der Waals surface area contributed by atoms with Gasteiger partial charge in [0.15, 0.2) is 18.0 Å². The van der Waals surface area contributed by atoms with Crippen LogP contribution < -0.4 is 5.73 Å². The first kappa shape index (κ1) is 30.2. The topological polar surface area (TPSA) is 168 Å². The van der Waals surface area contributed by atoms with E-state index in [-0.39, 0.29) is 31.0 Å². The van der Waals surface area contributed by atoms with Gasteiger partial charge >= 0.3 is 17.9 Å². The highest BCUT2D eigenvalue weighted by atomic mass is 16.7. The third kappa shape index (κ3) is 6.23. The highest BCUT2D eigenvalue weighted by Crippen LogP contribution is 2.44. The molecule has 2 aromatic carbocycles. The highest BCUT2D eigenvalue weighted by molar-refractivity contribution is 5.75. The molecular weight excluding hydrogens is 566 g/mol. The predicted octanol–water partition coefficient (Wildman–Crippen LogP) is 2.94. The van der Waals surface area contributed by atoms with Gasteiger partial charge in [-0.1, -0.05) is 74.5 Å². The number of carbonyl (C=O) groups excluding carboxylic acids is 3. The zero-order valence-electron chi connectivity index (χ0n) is 24.2. The molecule has 0 saturated carbocycles. The normalized spacial score (nSPS) is 21.1. The van der Waals surface area contributed by atoms with Gasteiger partial charge in [-0.05, 0) is 23.3 Å². The lowest BCUT2D eigenvalue weighted by atomic mass is 9.92. The van der Waals surface area contributed by atoms with Crippen LogP contribution in [0.4, 0.5) is 5.82 Å². The molecule has 1 aliphatic heterocycles. The summed E-state index contributed by atoms with van der Waals surface area (Å²) < 4.78 is 25.1. The number of hydrogen-bond donors (Lipinski definition) is 1. The zero-order chi connectivity index (χ0) is 31.3. The predicted molar refractivity (Wildman–Crippen MR) is 155 cm³/mol. The first-order valence-electron chi connectivity index (χ1n) is 14.0. The second-order valence-electron chi connectivity index (χ2n) is 10.6. The summed E-state index contributed by atoms with van der Waals surface area (Å²) in [6, 6.07) is 23.1. The molecule has 4 atom stereocenters. The zero-order valence-corrected chi connectivity index (χ0v) is 24.2. The van der Waals surface area contributed by atoms with Crippen LogP contribution in [0.3, 0.4) is 0 Å². The monoisotopic (exact) mass is 597 g/mol. The van der Waals surface area contributed by atoms with Crippen molar-refractivity contribution in [1.29, 1.82) is 5.26 Å². The fourth-order valence-corrected chi connectivity index (χ4v) is 5.04. The largest absolute Gasteiger partial charge is 0.463 e. The molecule has 44 heavy (non-hydrogen) atoms. The van der Waals surface area contributed by atoms with Gasteiger partial charge < -0.3 is 24.7 Å². The Morgan fingerprint density at radius 3 is 2.18 bits per heavy atom. The van der Waals surface area contributed by atoms with E-state index in [0.717, 1.165) is 0 Å². The number of nitrogen functional groups attached to an aromatic ring is 1. The maximum atomic E-state index is 13.4. The molecule has 0 unspecified atom stereocenters. The molecule has 1 saturated heterocycles. The molecule has 0 aliphatic carbocycles. The molecule has 2 N–H and O–H groups in total. The van der Waals surface area contributed by atoms with Crippen molar-refractivity contribution in [2.75, 3.05) is 12.3 Å². The van der Waals surface area contributed by atoms with Crippen LogP contribution in [-0.4, -0.2) is 57.4 Å². The van der Waals surface area contributed by atoms with Crippen LogP contribution in [0.15, 0.2) is 79.1 Å². The summed E-state index contributed by atoms with van der Waals surface area (Å²) in [5, 5.41) is 15.0. The third-order valence-electron chi connectivity index (χ3n) is 7.20. The van der Waals surface area contributed by atoms with Crippen molar-refractivity contribution in [2.24, 2.45) is 5.92 Å². The molecule has 3 heterocycles. The Morgan fingerprint density at radius 2 is 1.59 bits per heavy atom. The third-order valence-corrected chi connectivity index (χ3v) is 7.20. The first-order chi connectivity index (χ1) is 21.2. The Bertz CT molecular complexity index is 1690. The van der Waals surface area contributed by atoms with Gasteiger partial charge in [0, 0.05) is 0 Å². The van der Waals surface area contributed by atoms with Gasteiger partial charge in [-0.25, -0.2) is 9.50 Å². The van der Waals surface area contributed by atoms with Crippen LogP contribution in [0, 0.1) is 17.2 Å². The Hall–Kier alpha value is -5.28. The van der Waals surface area contributed by atoms with Gasteiger partial charge in [0.2, 0.25) is 5.60 Å².